The van der Waals surface area contributed by atoms with Crippen molar-refractivity contribution in [2.75, 3.05) is 18.0 Å². The summed E-state index contributed by atoms with van der Waals surface area (Å²) in [6.45, 7) is 3.99. The summed E-state index contributed by atoms with van der Waals surface area (Å²) in [6, 6.07) is 2.07. The lowest BCUT2D eigenvalue weighted by molar-refractivity contribution is 0.777. The number of fused-ring (bicyclic) bond motifs is 1. The Labute approximate surface area is 93.4 Å². The Balaban J connectivity index is 2.06. The summed E-state index contributed by atoms with van der Waals surface area (Å²) < 4.78 is 1.74. The van der Waals surface area contributed by atoms with Crippen LogP contribution < -0.4 is 4.90 Å². The molecular formula is C11H13N5. The standard InChI is InChI=1S/C11H13N5/c1-9-7-10(15-5-3-2-4-6-15)14-16-8-12-13-11(9)16/h2-3,7-8H,4-6H2,1H3. The van der Waals surface area contributed by atoms with Crippen molar-refractivity contribution in [1.29, 1.82) is 0 Å². The van der Waals surface area contributed by atoms with Crippen LogP contribution >= 0.6 is 0 Å². The fraction of sp³-hybridized carbons (Fsp3) is 0.364. The van der Waals surface area contributed by atoms with E-state index in [4.69, 9.17) is 0 Å². The molecule has 0 aromatic carbocycles. The van der Waals surface area contributed by atoms with Crippen LogP contribution in [0.3, 0.4) is 0 Å². The Morgan fingerprint density at radius 3 is 3.06 bits per heavy atom. The minimum atomic E-state index is 0.830. The summed E-state index contributed by atoms with van der Waals surface area (Å²) in [5, 5.41) is 12.4. The smallest absolute Gasteiger partial charge is 0.180 e. The van der Waals surface area contributed by atoms with E-state index in [0.29, 0.717) is 0 Å². The fourth-order valence-corrected chi connectivity index (χ4v) is 1.96. The Kier molecular flexibility index (Phi) is 2.09. The van der Waals surface area contributed by atoms with Crippen molar-refractivity contribution in [2.45, 2.75) is 13.3 Å². The summed E-state index contributed by atoms with van der Waals surface area (Å²) in [4.78, 5) is 2.26. The molecule has 5 nitrogen and oxygen atoms in total. The van der Waals surface area contributed by atoms with Gasteiger partial charge in [-0.3, -0.25) is 0 Å². The lowest BCUT2D eigenvalue weighted by atomic mass is 10.2. The molecule has 3 rings (SSSR count). The van der Waals surface area contributed by atoms with Crippen LogP contribution in [0, 0.1) is 6.92 Å². The molecule has 0 saturated heterocycles. The topological polar surface area (TPSA) is 46.3 Å². The van der Waals surface area contributed by atoms with Gasteiger partial charge in [-0.25, -0.2) is 0 Å². The zero-order valence-electron chi connectivity index (χ0n) is 9.17. The molecule has 0 bridgehead atoms. The van der Waals surface area contributed by atoms with Gasteiger partial charge in [-0.2, -0.15) is 4.52 Å². The van der Waals surface area contributed by atoms with Crippen LogP contribution in [-0.4, -0.2) is 32.9 Å². The third-order valence-corrected chi connectivity index (χ3v) is 2.82. The highest BCUT2D eigenvalue weighted by Crippen LogP contribution is 2.17. The Morgan fingerprint density at radius 2 is 2.25 bits per heavy atom. The maximum atomic E-state index is 4.50. The van der Waals surface area contributed by atoms with Gasteiger partial charge in [0.05, 0.1) is 0 Å². The average molecular weight is 215 g/mol. The Hall–Kier alpha value is -1.91. The molecule has 2 aromatic heterocycles. The molecular weight excluding hydrogens is 202 g/mol. The monoisotopic (exact) mass is 215 g/mol. The van der Waals surface area contributed by atoms with Gasteiger partial charge in [0.25, 0.3) is 0 Å². The maximum absolute atomic E-state index is 4.50. The van der Waals surface area contributed by atoms with Crippen LogP contribution in [0.4, 0.5) is 5.82 Å². The third kappa shape index (κ3) is 1.44. The first-order chi connectivity index (χ1) is 7.84. The minimum absolute atomic E-state index is 0.830. The number of hydrogen-bond acceptors (Lipinski definition) is 4. The van der Waals surface area contributed by atoms with Crippen molar-refractivity contribution in [3.05, 3.63) is 30.1 Å². The van der Waals surface area contributed by atoms with Crippen molar-refractivity contribution in [3.8, 4) is 0 Å². The number of nitrogens with zero attached hydrogens (tertiary/aromatic N) is 5. The lowest BCUT2D eigenvalue weighted by Gasteiger charge is -2.24. The zero-order valence-corrected chi connectivity index (χ0v) is 9.17. The SMILES string of the molecule is Cc1cc(N2CC=CCC2)nn2cnnc12. The van der Waals surface area contributed by atoms with Crippen LogP contribution in [0.5, 0.6) is 0 Å². The summed E-state index contributed by atoms with van der Waals surface area (Å²) in [5.74, 6) is 0.995. The molecule has 0 fully saturated rings. The second-order valence-electron chi connectivity index (χ2n) is 3.99. The van der Waals surface area contributed by atoms with Gasteiger partial charge in [0.1, 0.15) is 12.1 Å². The van der Waals surface area contributed by atoms with Crippen LogP contribution in [0.15, 0.2) is 24.5 Å². The van der Waals surface area contributed by atoms with Crippen molar-refractivity contribution < 1.29 is 0 Å². The average Bonchev–Trinajstić information content (AvgIpc) is 2.79. The summed E-state index contributed by atoms with van der Waals surface area (Å²) in [6.07, 6.45) is 7.12. The predicted octanol–water partition coefficient (Wildman–Crippen LogP) is 1.20. The minimum Gasteiger partial charge on any atom is -0.351 e. The van der Waals surface area contributed by atoms with Crippen molar-refractivity contribution in [1.82, 2.24) is 19.8 Å². The molecule has 82 valence electrons. The van der Waals surface area contributed by atoms with Gasteiger partial charge in [-0.1, -0.05) is 12.2 Å². The molecule has 0 spiro atoms. The van der Waals surface area contributed by atoms with Crippen LogP contribution in [0.25, 0.3) is 5.65 Å². The van der Waals surface area contributed by atoms with E-state index in [-0.39, 0.29) is 0 Å². The van der Waals surface area contributed by atoms with Crippen LogP contribution in [0.1, 0.15) is 12.0 Å². The number of aromatic nitrogens is 4. The first-order valence-electron chi connectivity index (χ1n) is 5.42. The lowest BCUT2D eigenvalue weighted by Crippen LogP contribution is -2.28. The number of rotatable bonds is 1. The van der Waals surface area contributed by atoms with E-state index < -0.39 is 0 Å². The van der Waals surface area contributed by atoms with Crippen LogP contribution in [0.2, 0.25) is 0 Å². The largest absolute Gasteiger partial charge is 0.351 e. The van der Waals surface area contributed by atoms with E-state index in [1.165, 1.54) is 0 Å². The molecule has 0 amide bonds. The van der Waals surface area contributed by atoms with E-state index in [2.05, 4.69) is 38.4 Å². The summed E-state index contributed by atoms with van der Waals surface area (Å²) in [7, 11) is 0. The second kappa shape index (κ2) is 3.59. The Bertz CT molecular complexity index is 542. The molecule has 16 heavy (non-hydrogen) atoms. The van der Waals surface area contributed by atoms with Gasteiger partial charge >= 0.3 is 0 Å². The van der Waals surface area contributed by atoms with Crippen molar-refractivity contribution in [3.63, 3.8) is 0 Å². The van der Waals surface area contributed by atoms with Crippen molar-refractivity contribution >= 4 is 11.5 Å². The summed E-state index contributed by atoms with van der Waals surface area (Å²) >= 11 is 0. The van der Waals surface area contributed by atoms with E-state index in [1.807, 2.05) is 6.92 Å². The molecule has 2 aromatic rings. The summed E-state index contributed by atoms with van der Waals surface area (Å²) in [5.41, 5.74) is 1.94. The Morgan fingerprint density at radius 1 is 1.31 bits per heavy atom. The van der Waals surface area contributed by atoms with Gasteiger partial charge in [0, 0.05) is 13.1 Å². The molecule has 0 atom stereocenters. The number of aryl methyl sites for hydroxylation is 1. The van der Waals surface area contributed by atoms with Gasteiger partial charge < -0.3 is 4.90 Å². The first-order valence-corrected chi connectivity index (χ1v) is 5.42. The molecule has 0 unspecified atom stereocenters. The highest BCUT2D eigenvalue weighted by molar-refractivity contribution is 5.52. The zero-order chi connectivity index (χ0) is 11.0. The van der Waals surface area contributed by atoms with E-state index in [1.54, 1.807) is 10.8 Å². The molecule has 0 N–H and O–H groups in total. The first kappa shape index (κ1) is 9.33. The number of anilines is 1. The highest BCUT2D eigenvalue weighted by Gasteiger charge is 2.11. The normalized spacial score (nSPS) is 15.9. The van der Waals surface area contributed by atoms with Gasteiger partial charge in [-0.15, -0.1) is 15.3 Å². The van der Waals surface area contributed by atoms with E-state index >= 15 is 0 Å². The van der Waals surface area contributed by atoms with Gasteiger partial charge in [0.15, 0.2) is 5.65 Å². The van der Waals surface area contributed by atoms with Crippen LogP contribution in [-0.2, 0) is 0 Å². The molecule has 0 radical (unpaired) electrons. The predicted molar refractivity (Wildman–Crippen MR) is 61.5 cm³/mol. The quantitative estimate of drug-likeness (QED) is 0.670. The molecule has 5 heteroatoms. The molecule has 1 aliphatic heterocycles. The molecule has 0 aliphatic carbocycles. The molecule has 3 heterocycles. The molecule has 0 saturated carbocycles. The van der Waals surface area contributed by atoms with E-state index in [0.717, 1.165) is 36.5 Å². The van der Waals surface area contributed by atoms with Gasteiger partial charge in [0.2, 0.25) is 0 Å². The maximum Gasteiger partial charge on any atom is 0.180 e. The molecule has 1 aliphatic rings. The van der Waals surface area contributed by atoms with Crippen molar-refractivity contribution in [2.24, 2.45) is 0 Å². The van der Waals surface area contributed by atoms with E-state index in [9.17, 15) is 0 Å². The van der Waals surface area contributed by atoms with Gasteiger partial charge in [-0.05, 0) is 25.0 Å². The second-order valence-corrected chi connectivity index (χ2v) is 3.99. The number of hydrogen-bond donors (Lipinski definition) is 0. The fourth-order valence-electron chi connectivity index (χ4n) is 1.96. The highest BCUT2D eigenvalue weighted by atomic mass is 15.4. The third-order valence-electron chi connectivity index (χ3n) is 2.82.